The minimum atomic E-state index is -0.633. The number of phenolic OH excluding ortho intramolecular Hbond substituents is 1. The van der Waals surface area contributed by atoms with E-state index in [9.17, 15) is 9.90 Å². The maximum Gasteiger partial charge on any atom is 0.330 e. The Balaban J connectivity index is 1.70. The molecule has 0 aliphatic heterocycles. The predicted molar refractivity (Wildman–Crippen MR) is 159 cm³/mol. The van der Waals surface area contributed by atoms with Gasteiger partial charge >= 0.3 is 5.97 Å². The molecule has 212 valence electrons. The number of phenols is 1. The van der Waals surface area contributed by atoms with Crippen LogP contribution in [0.1, 0.15) is 29.2 Å². The van der Waals surface area contributed by atoms with Gasteiger partial charge in [0.2, 0.25) is 0 Å². The molecule has 41 heavy (non-hydrogen) atoms. The lowest BCUT2D eigenvalue weighted by Gasteiger charge is -2.18. The van der Waals surface area contributed by atoms with E-state index < -0.39 is 12.1 Å². The Hall–Kier alpha value is -4.56. The summed E-state index contributed by atoms with van der Waals surface area (Å²) in [5, 5.41) is 11.0. The van der Waals surface area contributed by atoms with E-state index in [4.69, 9.17) is 29.2 Å². The van der Waals surface area contributed by atoms with Gasteiger partial charge in [-0.05, 0) is 57.9 Å². The maximum absolute atomic E-state index is 11.7. The topological polar surface area (TPSA) is 104 Å². The largest absolute Gasteiger partial charge is 0.507 e. The van der Waals surface area contributed by atoms with Crippen LogP contribution in [-0.4, -0.2) is 52.0 Å². The first-order chi connectivity index (χ1) is 19.7. The summed E-state index contributed by atoms with van der Waals surface area (Å²) in [4.78, 5) is 26.1. The molecule has 1 unspecified atom stereocenters. The van der Waals surface area contributed by atoms with Crippen LogP contribution in [0.5, 0.6) is 11.5 Å². The van der Waals surface area contributed by atoms with E-state index in [-0.39, 0.29) is 19.0 Å². The molecule has 0 spiro atoms. The maximum atomic E-state index is 11.7. The Bertz CT molecular complexity index is 1500. The third-order valence-corrected chi connectivity index (χ3v) is 6.48. The van der Waals surface area contributed by atoms with Gasteiger partial charge in [-0.2, -0.15) is 0 Å². The molecule has 0 amide bonds. The first-order valence-corrected chi connectivity index (χ1v) is 13.5. The number of rotatable bonds is 11. The van der Waals surface area contributed by atoms with E-state index in [2.05, 4.69) is 18.7 Å². The lowest BCUT2D eigenvalue weighted by Crippen LogP contribution is -2.29. The fourth-order valence-corrected chi connectivity index (χ4v) is 4.42. The SMILES string of the molecule is C=CC(=O)OC(COCC)COc1ccc(-c2nc(-c3ccc(C)cc3C)nc(-c3ccc(C)cc3C)n2)c(O)c1. The van der Waals surface area contributed by atoms with Crippen LogP contribution >= 0.6 is 0 Å². The molecule has 0 bridgehead atoms. The summed E-state index contributed by atoms with van der Waals surface area (Å²) >= 11 is 0. The van der Waals surface area contributed by atoms with Crippen molar-refractivity contribution in [3.63, 3.8) is 0 Å². The van der Waals surface area contributed by atoms with Crippen LogP contribution in [0.4, 0.5) is 0 Å². The second-order valence-electron chi connectivity index (χ2n) is 9.86. The van der Waals surface area contributed by atoms with Gasteiger partial charge in [0.15, 0.2) is 23.6 Å². The summed E-state index contributed by atoms with van der Waals surface area (Å²) in [7, 11) is 0. The Morgan fingerprint density at radius 2 is 1.37 bits per heavy atom. The number of carbonyl (C=O) groups excluding carboxylic acids is 1. The Morgan fingerprint density at radius 1 is 0.829 bits per heavy atom. The number of carbonyl (C=O) groups is 1. The second kappa shape index (κ2) is 13.2. The standard InChI is InChI=1S/C33H35N3O5/c1-7-30(38)41-25(18-39-8-2)19-40-24-11-14-28(29(37)17-24)33-35-31(26-12-9-20(3)15-22(26)5)34-32(36-33)27-13-10-21(4)16-23(27)6/h7,9-17,25,37H,1,8,18-19H2,2-6H3. The highest BCUT2D eigenvalue weighted by atomic mass is 16.6. The van der Waals surface area contributed by atoms with Crippen molar-refractivity contribution in [1.29, 1.82) is 0 Å². The molecule has 0 saturated heterocycles. The van der Waals surface area contributed by atoms with Crippen molar-refractivity contribution in [3.8, 4) is 45.7 Å². The number of hydrogen-bond acceptors (Lipinski definition) is 8. The summed E-state index contributed by atoms with van der Waals surface area (Å²) < 4.78 is 16.5. The third-order valence-electron chi connectivity index (χ3n) is 6.48. The Kier molecular flexibility index (Phi) is 9.47. The highest BCUT2D eigenvalue weighted by molar-refractivity contribution is 5.81. The number of nitrogens with zero attached hydrogens (tertiary/aromatic N) is 3. The molecule has 1 N–H and O–H groups in total. The van der Waals surface area contributed by atoms with E-state index in [1.165, 1.54) is 6.07 Å². The number of benzene rings is 3. The van der Waals surface area contributed by atoms with E-state index in [0.29, 0.717) is 35.4 Å². The van der Waals surface area contributed by atoms with Gasteiger partial charge in [0.1, 0.15) is 18.1 Å². The molecular formula is C33H35N3O5. The fraction of sp³-hybridized carbons (Fsp3) is 0.273. The summed E-state index contributed by atoms with van der Waals surface area (Å²) in [6.45, 7) is 14.1. The van der Waals surface area contributed by atoms with Crippen molar-refractivity contribution < 1.29 is 24.1 Å². The normalized spacial score (nSPS) is 11.6. The van der Waals surface area contributed by atoms with Crippen LogP contribution in [0.15, 0.2) is 67.3 Å². The Labute approximate surface area is 240 Å². The monoisotopic (exact) mass is 553 g/mol. The van der Waals surface area contributed by atoms with Crippen LogP contribution < -0.4 is 4.74 Å². The number of aromatic hydroxyl groups is 1. The van der Waals surface area contributed by atoms with Gasteiger partial charge in [-0.15, -0.1) is 0 Å². The van der Waals surface area contributed by atoms with Crippen LogP contribution in [-0.2, 0) is 14.3 Å². The van der Waals surface area contributed by atoms with Crippen molar-refractivity contribution in [2.24, 2.45) is 0 Å². The van der Waals surface area contributed by atoms with Crippen molar-refractivity contribution in [1.82, 2.24) is 15.0 Å². The second-order valence-corrected chi connectivity index (χ2v) is 9.86. The highest BCUT2D eigenvalue weighted by Crippen LogP contribution is 2.34. The van der Waals surface area contributed by atoms with Crippen LogP contribution in [0, 0.1) is 27.7 Å². The number of ether oxygens (including phenoxy) is 3. The highest BCUT2D eigenvalue weighted by Gasteiger charge is 2.19. The average molecular weight is 554 g/mol. The van der Waals surface area contributed by atoms with Crippen molar-refractivity contribution in [2.45, 2.75) is 40.7 Å². The minimum absolute atomic E-state index is 0.0395. The first kappa shape index (κ1) is 29.4. The third kappa shape index (κ3) is 7.35. The smallest absolute Gasteiger partial charge is 0.330 e. The summed E-state index contributed by atoms with van der Waals surface area (Å²) in [6.07, 6.45) is 0.457. The van der Waals surface area contributed by atoms with Gasteiger partial charge in [-0.3, -0.25) is 0 Å². The molecule has 0 fully saturated rings. The molecule has 8 heteroatoms. The molecule has 1 heterocycles. The number of esters is 1. The molecule has 1 atom stereocenters. The predicted octanol–water partition coefficient (Wildman–Crippen LogP) is 6.32. The lowest BCUT2D eigenvalue weighted by atomic mass is 10.0. The summed E-state index contributed by atoms with van der Waals surface area (Å²) in [5.41, 5.74) is 6.58. The molecule has 4 aromatic rings. The number of aryl methyl sites for hydroxylation is 4. The van der Waals surface area contributed by atoms with Crippen molar-refractivity contribution in [3.05, 3.63) is 89.5 Å². The van der Waals surface area contributed by atoms with Gasteiger partial charge in [-0.25, -0.2) is 19.7 Å². The van der Waals surface area contributed by atoms with Crippen LogP contribution in [0.25, 0.3) is 34.2 Å². The zero-order valence-electron chi connectivity index (χ0n) is 24.1. The fourth-order valence-electron chi connectivity index (χ4n) is 4.42. The van der Waals surface area contributed by atoms with E-state index in [1.54, 1.807) is 12.1 Å². The molecule has 4 rings (SSSR count). The zero-order valence-corrected chi connectivity index (χ0v) is 24.1. The molecule has 0 aliphatic carbocycles. The number of aromatic nitrogens is 3. The average Bonchev–Trinajstić information content (AvgIpc) is 2.94. The van der Waals surface area contributed by atoms with Crippen molar-refractivity contribution in [2.75, 3.05) is 19.8 Å². The van der Waals surface area contributed by atoms with Gasteiger partial charge in [0, 0.05) is 29.9 Å². The quantitative estimate of drug-likeness (QED) is 0.170. The van der Waals surface area contributed by atoms with Gasteiger partial charge in [0.05, 0.1) is 12.2 Å². The molecule has 0 saturated carbocycles. The van der Waals surface area contributed by atoms with Crippen LogP contribution in [0.3, 0.4) is 0 Å². The number of hydrogen-bond donors (Lipinski definition) is 1. The van der Waals surface area contributed by atoms with Gasteiger partial charge in [-0.1, -0.05) is 54.1 Å². The molecule has 3 aromatic carbocycles. The molecule has 8 nitrogen and oxygen atoms in total. The van der Waals surface area contributed by atoms with Crippen LogP contribution in [0.2, 0.25) is 0 Å². The summed E-state index contributed by atoms with van der Waals surface area (Å²) in [6, 6.07) is 17.1. The Morgan fingerprint density at radius 3 is 1.85 bits per heavy atom. The first-order valence-electron chi connectivity index (χ1n) is 13.5. The zero-order chi connectivity index (χ0) is 29.5. The lowest BCUT2D eigenvalue weighted by molar-refractivity contribution is -0.147. The van der Waals surface area contributed by atoms with Crippen molar-refractivity contribution >= 4 is 5.97 Å². The molecule has 1 aromatic heterocycles. The minimum Gasteiger partial charge on any atom is -0.507 e. The summed E-state index contributed by atoms with van der Waals surface area (Å²) in [5.74, 6) is 1.14. The van der Waals surface area contributed by atoms with Gasteiger partial charge in [0.25, 0.3) is 0 Å². The molecular weight excluding hydrogens is 518 g/mol. The molecule has 0 radical (unpaired) electrons. The van der Waals surface area contributed by atoms with E-state index in [1.807, 2.05) is 58.9 Å². The van der Waals surface area contributed by atoms with E-state index >= 15 is 0 Å². The van der Waals surface area contributed by atoms with E-state index in [0.717, 1.165) is 39.5 Å². The van der Waals surface area contributed by atoms with Gasteiger partial charge < -0.3 is 19.3 Å². The molecule has 0 aliphatic rings.